The third kappa shape index (κ3) is 7.69. The number of imide groups is 1. The van der Waals surface area contributed by atoms with Crippen LogP contribution in [0.4, 0.5) is 10.5 Å². The van der Waals surface area contributed by atoms with Crippen molar-refractivity contribution < 1.29 is 28.6 Å². The van der Waals surface area contributed by atoms with Crippen LogP contribution in [0.25, 0.3) is 10.9 Å². The van der Waals surface area contributed by atoms with E-state index in [1.165, 1.54) is 4.90 Å². The Morgan fingerprint density at radius 1 is 0.935 bits per heavy atom. The van der Waals surface area contributed by atoms with Crippen molar-refractivity contribution in [2.45, 2.75) is 40.0 Å². The summed E-state index contributed by atoms with van der Waals surface area (Å²) >= 11 is 6.47. The van der Waals surface area contributed by atoms with Crippen LogP contribution in [0.2, 0.25) is 5.02 Å². The summed E-state index contributed by atoms with van der Waals surface area (Å²) in [4.78, 5) is 43.2. The molecular formula is C35H37ClN4O6. The lowest BCUT2D eigenvalue weighted by molar-refractivity contribution is 0.0649. The molecule has 46 heavy (non-hydrogen) atoms. The van der Waals surface area contributed by atoms with Gasteiger partial charge in [-0.3, -0.25) is 19.5 Å². The Balaban J connectivity index is 1.18. The number of carbonyl (C=O) groups is 3. The Morgan fingerprint density at radius 3 is 2.35 bits per heavy atom. The zero-order chi connectivity index (χ0) is 32.8. The Bertz CT molecular complexity index is 1740. The fourth-order valence-electron chi connectivity index (χ4n) is 4.99. The minimum atomic E-state index is -0.326. The molecule has 0 aliphatic carbocycles. The Morgan fingerprint density at radius 2 is 1.67 bits per heavy atom. The topological polar surface area (TPSA) is 119 Å². The number of carbonyl (C=O) groups excluding carboxylic acids is 3. The summed E-state index contributed by atoms with van der Waals surface area (Å²) < 4.78 is 17.8. The molecule has 11 heteroatoms. The van der Waals surface area contributed by atoms with Crippen LogP contribution in [0.15, 0.2) is 66.9 Å². The smallest absolute Gasteiger partial charge is 0.319 e. The van der Waals surface area contributed by atoms with E-state index in [2.05, 4.69) is 36.4 Å². The standard InChI is InChI=1S/C35H37ClN4O6/c1-35(2,3)14-16-38-34(43)39-27-12-11-22(19-26(27)36)46-29-13-15-37-28-21-31(30(44-4)20-25(28)29)45-18-8-7-17-40-32(41)23-9-5-6-10-24(23)33(40)42/h5-6,9-13,15,19-21H,7-8,14,16-18H2,1-4H3,(H2,38,39,43). The van der Waals surface area contributed by atoms with E-state index in [0.29, 0.717) is 88.3 Å². The van der Waals surface area contributed by atoms with E-state index in [1.807, 2.05) is 0 Å². The highest BCUT2D eigenvalue weighted by molar-refractivity contribution is 6.33. The molecule has 2 heterocycles. The van der Waals surface area contributed by atoms with Crippen molar-refractivity contribution in [3.63, 3.8) is 0 Å². The van der Waals surface area contributed by atoms with E-state index in [0.717, 1.165) is 6.42 Å². The molecule has 1 aromatic heterocycles. The number of anilines is 1. The molecular weight excluding hydrogens is 608 g/mol. The maximum atomic E-state index is 12.6. The van der Waals surface area contributed by atoms with E-state index in [-0.39, 0.29) is 23.3 Å². The average Bonchev–Trinajstić information content (AvgIpc) is 3.26. The maximum Gasteiger partial charge on any atom is 0.319 e. The molecule has 1 aliphatic rings. The predicted octanol–water partition coefficient (Wildman–Crippen LogP) is 7.70. The van der Waals surface area contributed by atoms with Gasteiger partial charge in [0.05, 0.1) is 41.1 Å². The summed E-state index contributed by atoms with van der Waals surface area (Å²) in [6.07, 6.45) is 3.70. The molecule has 0 spiro atoms. The number of nitrogens with zero attached hydrogens (tertiary/aromatic N) is 2. The van der Waals surface area contributed by atoms with Crippen LogP contribution in [0, 0.1) is 5.41 Å². The van der Waals surface area contributed by atoms with Crippen molar-refractivity contribution in [3.05, 3.63) is 83.0 Å². The van der Waals surface area contributed by atoms with Gasteiger partial charge in [-0.2, -0.15) is 0 Å². The highest BCUT2D eigenvalue weighted by Crippen LogP contribution is 2.38. The lowest BCUT2D eigenvalue weighted by Gasteiger charge is -2.18. The molecule has 4 aromatic rings. The molecule has 0 saturated heterocycles. The summed E-state index contributed by atoms with van der Waals surface area (Å²) in [6, 6.07) is 16.9. The largest absolute Gasteiger partial charge is 0.493 e. The maximum absolute atomic E-state index is 12.6. The van der Waals surface area contributed by atoms with E-state index in [1.54, 1.807) is 74.0 Å². The number of benzene rings is 3. The third-order valence-electron chi connectivity index (χ3n) is 7.48. The number of aromatic nitrogens is 1. The highest BCUT2D eigenvalue weighted by Gasteiger charge is 2.34. The summed E-state index contributed by atoms with van der Waals surface area (Å²) in [5.74, 6) is 1.51. The number of pyridine rings is 1. The summed E-state index contributed by atoms with van der Waals surface area (Å²) in [5.41, 5.74) is 2.12. The van der Waals surface area contributed by atoms with Crippen LogP contribution < -0.4 is 24.8 Å². The SMILES string of the molecule is COc1cc2c(Oc3ccc(NC(=O)NCCC(C)(C)C)c(Cl)c3)ccnc2cc1OCCCCN1C(=O)c2ccccc2C1=O. The molecule has 5 rings (SSSR count). The highest BCUT2D eigenvalue weighted by atomic mass is 35.5. The van der Waals surface area contributed by atoms with Crippen molar-refractivity contribution in [1.29, 1.82) is 0 Å². The molecule has 0 fully saturated rings. The first kappa shape index (κ1) is 32.6. The number of ether oxygens (including phenoxy) is 3. The second-order valence-corrected chi connectivity index (χ2v) is 12.5. The number of amides is 4. The van der Waals surface area contributed by atoms with Crippen LogP contribution in [0.5, 0.6) is 23.0 Å². The van der Waals surface area contributed by atoms with E-state index >= 15 is 0 Å². The number of nitrogens with one attached hydrogen (secondary N) is 2. The number of methoxy groups -OCH3 is 1. The Hall–Kier alpha value is -4.83. The number of fused-ring (bicyclic) bond motifs is 2. The third-order valence-corrected chi connectivity index (χ3v) is 7.79. The second kappa shape index (κ2) is 14.1. The first-order valence-electron chi connectivity index (χ1n) is 15.1. The Kier molecular flexibility index (Phi) is 9.96. The zero-order valence-electron chi connectivity index (χ0n) is 26.3. The first-order chi connectivity index (χ1) is 22.0. The van der Waals surface area contributed by atoms with Gasteiger partial charge in [-0.25, -0.2) is 4.79 Å². The number of hydrogen-bond acceptors (Lipinski definition) is 7. The van der Waals surface area contributed by atoms with E-state index < -0.39 is 0 Å². The number of urea groups is 1. The number of halogens is 1. The van der Waals surface area contributed by atoms with Gasteiger partial charge in [0.15, 0.2) is 11.5 Å². The van der Waals surface area contributed by atoms with Crippen molar-refractivity contribution in [2.24, 2.45) is 5.41 Å². The molecule has 0 bridgehead atoms. The number of unbranched alkanes of at least 4 members (excludes halogenated alkanes) is 1. The fourth-order valence-corrected chi connectivity index (χ4v) is 5.21. The van der Waals surface area contributed by atoms with Gasteiger partial charge in [0.25, 0.3) is 11.8 Å². The predicted molar refractivity (Wildman–Crippen MR) is 177 cm³/mol. The van der Waals surface area contributed by atoms with Crippen LogP contribution in [0.3, 0.4) is 0 Å². The van der Waals surface area contributed by atoms with Gasteiger partial charge in [-0.05, 0) is 61.1 Å². The van der Waals surface area contributed by atoms with Crippen molar-refractivity contribution in [2.75, 3.05) is 32.1 Å². The molecule has 0 saturated carbocycles. The molecule has 3 aromatic carbocycles. The first-order valence-corrected chi connectivity index (χ1v) is 15.5. The number of rotatable bonds is 12. The fraction of sp³-hybridized carbons (Fsp3) is 0.314. The van der Waals surface area contributed by atoms with Gasteiger partial charge in [0.2, 0.25) is 0 Å². The zero-order valence-corrected chi connectivity index (χ0v) is 27.1. The second-order valence-electron chi connectivity index (χ2n) is 12.1. The molecule has 4 amide bonds. The minimum Gasteiger partial charge on any atom is -0.493 e. The summed E-state index contributed by atoms with van der Waals surface area (Å²) in [7, 11) is 1.55. The van der Waals surface area contributed by atoms with E-state index in [4.69, 9.17) is 25.8 Å². The van der Waals surface area contributed by atoms with Crippen molar-refractivity contribution >= 4 is 46.0 Å². The van der Waals surface area contributed by atoms with Gasteiger partial charge < -0.3 is 24.8 Å². The molecule has 240 valence electrons. The van der Waals surface area contributed by atoms with Gasteiger partial charge in [-0.15, -0.1) is 0 Å². The van der Waals surface area contributed by atoms with Crippen LogP contribution in [0.1, 0.15) is 60.7 Å². The number of hydrogen-bond donors (Lipinski definition) is 2. The van der Waals surface area contributed by atoms with Crippen LogP contribution >= 0.6 is 11.6 Å². The quantitative estimate of drug-likeness (QED) is 0.120. The van der Waals surface area contributed by atoms with E-state index in [9.17, 15) is 14.4 Å². The monoisotopic (exact) mass is 644 g/mol. The van der Waals surface area contributed by atoms with Crippen molar-refractivity contribution in [1.82, 2.24) is 15.2 Å². The molecule has 1 aliphatic heterocycles. The van der Waals surface area contributed by atoms with Crippen molar-refractivity contribution in [3.8, 4) is 23.0 Å². The lowest BCUT2D eigenvalue weighted by Crippen LogP contribution is -2.31. The molecule has 10 nitrogen and oxygen atoms in total. The molecule has 0 unspecified atom stereocenters. The van der Waals surface area contributed by atoms with Crippen LogP contribution in [-0.2, 0) is 0 Å². The molecule has 0 atom stereocenters. The van der Waals surface area contributed by atoms with Gasteiger partial charge >= 0.3 is 6.03 Å². The molecule has 0 radical (unpaired) electrons. The minimum absolute atomic E-state index is 0.120. The lowest BCUT2D eigenvalue weighted by atomic mass is 9.92. The van der Waals surface area contributed by atoms with Gasteiger partial charge in [0, 0.05) is 36.8 Å². The van der Waals surface area contributed by atoms with Gasteiger partial charge in [0.1, 0.15) is 11.5 Å². The van der Waals surface area contributed by atoms with Gasteiger partial charge in [-0.1, -0.05) is 44.5 Å². The summed E-state index contributed by atoms with van der Waals surface area (Å²) in [6.45, 7) is 7.58. The Labute approximate surface area is 273 Å². The average molecular weight is 645 g/mol. The van der Waals surface area contributed by atoms with Crippen LogP contribution in [-0.4, -0.2) is 54.5 Å². The molecule has 2 N–H and O–H groups in total. The normalized spacial score (nSPS) is 12.7. The summed E-state index contributed by atoms with van der Waals surface area (Å²) in [5, 5.41) is 6.66.